The third-order valence-electron chi connectivity index (χ3n) is 11.6. The molecule has 654 valence electrons. The normalized spacial score (nSPS) is 9.54. The van der Waals surface area contributed by atoms with Crippen LogP contribution in [-0.2, 0) is 492 Å². The number of ether oxygens (including phenoxy) is 1. The Kier molecular flexibility index (Phi) is 91.9. The lowest BCUT2D eigenvalue weighted by atomic mass is 9.99. The Morgan fingerprint density at radius 1 is 0.347 bits per heavy atom. The molecule has 0 fully saturated rings. The van der Waals surface area contributed by atoms with Gasteiger partial charge in [-0.05, 0) is 80.0 Å². The van der Waals surface area contributed by atoms with E-state index in [2.05, 4.69) is 30.0 Å². The average Bonchev–Trinajstić information content (AvgIpc) is 0.876. The molecule has 0 heterocycles. The number of carbonyl (C=O) groups is 5. The predicted molar refractivity (Wildman–Crippen MR) is 640 cm³/mol. The van der Waals surface area contributed by atoms with Crippen molar-refractivity contribution in [2.45, 2.75) is 84.3 Å². The molecule has 6 rings (SSSR count). The molecule has 0 aromatic heterocycles. The van der Waals surface area contributed by atoms with E-state index < -0.39 is 24.1 Å². The van der Waals surface area contributed by atoms with Crippen LogP contribution in [0, 0.1) is 20.8 Å². The third-order valence-corrected chi connectivity index (χ3v) is 108. The van der Waals surface area contributed by atoms with Crippen molar-refractivity contribution >= 4 is 505 Å². The van der Waals surface area contributed by atoms with Crippen LogP contribution in [0.25, 0.3) is 5.53 Å². The highest BCUT2D eigenvalue weighted by Crippen LogP contribution is 2.23. The van der Waals surface area contributed by atoms with Gasteiger partial charge in [0.05, 0.1) is 18.4 Å². The van der Waals surface area contributed by atoms with Crippen LogP contribution in [0.2, 0.25) is 0 Å². The summed E-state index contributed by atoms with van der Waals surface area (Å²) in [6, 6.07) is 51.8. The lowest BCUT2D eigenvalue weighted by Gasteiger charge is -2.17. The molecule has 0 saturated heterocycles. The van der Waals surface area contributed by atoms with Crippen molar-refractivity contribution in [3.63, 3.8) is 0 Å². The number of hydrogen-bond donors (Lipinski definition) is 4. The van der Waals surface area contributed by atoms with E-state index in [4.69, 9.17) is 60.1 Å². The number of Topliss-reactive ketones (excluding diaryl/α,β-unsaturated/α-hetero) is 3. The molecule has 10 nitrogen and oxygen atoms in total. The maximum atomic E-state index is 12.6. The molecule has 2 atom stereocenters. The van der Waals surface area contributed by atoms with Crippen LogP contribution in [0.5, 0.6) is 0 Å². The van der Waals surface area contributed by atoms with Crippen LogP contribution in [0.3, 0.4) is 0 Å². The minimum absolute atomic E-state index is 0.0878. The number of aryl methyl sites for hydroxylation is 6. The number of carboxylic acid groups (broad SMARTS) is 1. The van der Waals surface area contributed by atoms with Crippen molar-refractivity contribution in [1.82, 2.24) is 0 Å². The average molecular weight is 2540 g/mol. The van der Waals surface area contributed by atoms with Gasteiger partial charge in [0.1, 0.15) is 6.10 Å². The summed E-state index contributed by atoms with van der Waals surface area (Å²) in [5, 5.41) is 17.9. The van der Waals surface area contributed by atoms with E-state index in [1.807, 2.05) is 267 Å². The number of aliphatic hydroxyl groups is 1. The first-order valence-corrected chi connectivity index (χ1v) is 94.4. The minimum atomic E-state index is -1.01. The molecule has 0 aliphatic rings. The van der Waals surface area contributed by atoms with Crippen molar-refractivity contribution in [1.29, 1.82) is 0 Å². The first-order valence-electron chi connectivity index (χ1n) is 30.5. The first-order chi connectivity index (χ1) is 57.6. The van der Waals surface area contributed by atoms with Gasteiger partial charge in [-0.15, -0.1) is 0 Å². The van der Waals surface area contributed by atoms with Crippen molar-refractivity contribution in [2.24, 2.45) is 0 Å². The Bertz CT molecular complexity index is 6410. The predicted octanol–water partition coefficient (Wildman–Crippen LogP) is 10.8. The molecule has 2 unspecified atom stereocenters. The van der Waals surface area contributed by atoms with Crippen LogP contribution in [0.15, 0.2) is 164 Å². The Hall–Kier alpha value is 4.09. The molecular weight excluding hydrogens is 2480 g/mol. The van der Waals surface area contributed by atoms with E-state index in [1.54, 1.807) is 282 Å². The number of aliphatic hydroxyl groups excluding tert-OH is 1. The summed E-state index contributed by atoms with van der Waals surface area (Å²) in [5.74, 6) is -0.732. The van der Waals surface area contributed by atoms with E-state index in [0.717, 1.165) is 33.4 Å². The lowest BCUT2D eigenvalue weighted by Crippen LogP contribution is -2.20. The molecule has 118 heavy (non-hydrogen) atoms. The van der Waals surface area contributed by atoms with Gasteiger partial charge in [-0.3, -0.25) is 24.0 Å². The van der Waals surface area contributed by atoms with Crippen molar-refractivity contribution in [3.05, 3.63) is 219 Å². The second-order valence-corrected chi connectivity index (χ2v) is 99.6. The monoisotopic (exact) mass is 2530 g/mol. The molecule has 6 aromatic carbocycles. The van der Waals surface area contributed by atoms with Crippen LogP contribution in [-0.4, -0.2) is 61.5 Å². The molecule has 0 aliphatic heterocycles. The van der Waals surface area contributed by atoms with Gasteiger partial charge in [0.15, 0.2) is 17.7 Å². The molecule has 6 aromatic rings. The summed E-state index contributed by atoms with van der Waals surface area (Å²) < 4.78 is 5.43. The van der Waals surface area contributed by atoms with Crippen LogP contribution >= 0.6 is 25.3 Å². The van der Waals surface area contributed by atoms with Crippen LogP contribution < -0.4 is 0 Å². The molecule has 61 heteroatoms. The van der Waals surface area contributed by atoms with Gasteiger partial charge < -0.3 is 20.5 Å². The Balaban J connectivity index is 0.000000731. The zero-order chi connectivity index (χ0) is 86.2. The number of carboxylic acids is 1. The number of benzene rings is 6. The second-order valence-electron chi connectivity index (χ2n) is 19.1. The molecule has 0 spiro atoms. The van der Waals surface area contributed by atoms with Gasteiger partial charge in [0, 0.05) is 475 Å². The van der Waals surface area contributed by atoms with Gasteiger partial charge >= 0.3 is 17.7 Å². The highest BCUT2D eigenvalue weighted by atomic mass is 33.5. The molecule has 2 N–H and O–H groups in total. The summed E-state index contributed by atoms with van der Waals surface area (Å²) in [6.07, 6.45) is 1.46. The van der Waals surface area contributed by atoms with E-state index in [1.165, 1.54) is 35.5 Å². The quantitative estimate of drug-likeness (QED) is 0.0188. The van der Waals surface area contributed by atoms with Gasteiger partial charge in [-0.25, -0.2) is 0 Å². The number of carbonyl (C=O) groups excluding carboxylic acids is 4. The molecule has 0 bridgehead atoms. The van der Waals surface area contributed by atoms with E-state index in [-0.39, 0.29) is 35.9 Å². The Morgan fingerprint density at radius 2 is 0.602 bits per heavy atom. The standard InChI is InChI=1S/C20H22O3S.C17H16N2O.C17H18O2.C3H6O2S.S30.S19/c1-15-7-10-17(11-8-15)20(23-19(22)13-14-24)18(21)12-9-16-5-3-2-4-6-16;1-13-7-10-15(11-8-13)17(19-18)16(20)12-9-14-5-3-2-4-6-14;1-13-7-10-15(11-8-13)17(19)16(18)12-9-14-5-3-2-4-6-14;4-3(5)1-2-6;1-3-5-7-9-11-13-15-17-19-21-23-25-27-29-30-28-26-24-22-20-18-16-14-12-10-8-6-4-2;1-3-5-7-9-11-13-15-17-19-18-16-14-12-10-8-6-4-2/h2-8,10-11,20,24H,9,12-14H2,1H3;2-8,10-11H,9,12H2,1H3;2-8,10-11,17,19H,9,12H2,1H3;6H,1-2H2,(H,4,5);;. The van der Waals surface area contributed by atoms with Crippen LogP contribution in [0.4, 0.5) is 0 Å². The van der Waals surface area contributed by atoms with Crippen molar-refractivity contribution in [3.8, 4) is 0 Å². The van der Waals surface area contributed by atoms with Gasteiger partial charge in [-0.1, -0.05) is 168 Å². The summed E-state index contributed by atoms with van der Waals surface area (Å²) >= 11 is 26.8. The van der Waals surface area contributed by atoms with Crippen LogP contribution in [0.1, 0.15) is 94.4 Å². The Labute approximate surface area is 846 Å². The van der Waals surface area contributed by atoms with E-state index in [9.17, 15) is 29.1 Å². The number of ketones is 3. The van der Waals surface area contributed by atoms with Crippen molar-refractivity contribution < 1.29 is 43.7 Å². The molecule has 0 radical (unpaired) electrons. The zero-order valence-electron chi connectivity index (χ0n) is 59.5. The number of aliphatic carboxylic acids is 1. The lowest BCUT2D eigenvalue weighted by molar-refractivity contribution is -0.155. The smallest absolute Gasteiger partial charge is 0.364 e. The number of nitrogens with zero attached hydrogens (tertiary/aromatic N) is 2. The molecule has 0 saturated carbocycles. The first kappa shape index (κ1) is 120. The minimum Gasteiger partial charge on any atom is -0.481 e. The maximum absolute atomic E-state index is 12.6. The molecule has 0 amide bonds. The fraction of sp³-hybridized carbons (Fsp3) is 0.263. The largest absolute Gasteiger partial charge is 0.481 e. The number of esters is 1. The summed E-state index contributed by atoms with van der Waals surface area (Å²) in [4.78, 5) is 61.3. The van der Waals surface area contributed by atoms with Gasteiger partial charge in [0.2, 0.25) is 5.78 Å². The highest BCUT2D eigenvalue weighted by Gasteiger charge is 2.25. The number of rotatable bonds is 20. The second kappa shape index (κ2) is 90.3. The summed E-state index contributed by atoms with van der Waals surface area (Å²) in [5.41, 5.74) is 17.9. The maximum Gasteiger partial charge on any atom is 0.364 e. The third kappa shape index (κ3) is 73.6. The van der Waals surface area contributed by atoms with E-state index in [0.29, 0.717) is 66.7 Å². The SMILES string of the molecule is Cc1ccc(C(=[N+]=[N-])C(=O)CCc2ccccc2)cc1.Cc1ccc(C(O)C(=O)CCc2ccccc2)cc1.Cc1ccc(C(OC(=O)CCS)C(=O)CCc2ccccc2)cc1.O=C(O)CCS.S=S=S=S=S=S=S=S=S=S=S=S=S=S=S=S=S=S=S.S=S=S=S=S=S=S=S=S=S=S=S=S=S=S=S=S=S=S=S=S=S=S=S=S=S=S=S=S=S. The number of thiol groups is 2. The summed E-state index contributed by atoms with van der Waals surface area (Å²) in [7, 11) is 78.1. The highest BCUT2D eigenvalue weighted by molar-refractivity contribution is 8.81. The van der Waals surface area contributed by atoms with E-state index >= 15 is 0 Å². The Morgan fingerprint density at radius 3 is 0.856 bits per heavy atom. The number of hydrogen-bond acceptors (Lipinski definition) is 13. The fourth-order valence-electron chi connectivity index (χ4n) is 6.94. The fourth-order valence-corrected chi connectivity index (χ4v) is 120. The molecular formula is C57H62N2O8S51. The van der Waals surface area contributed by atoms with Gasteiger partial charge in [-0.2, -0.15) is 30.0 Å². The van der Waals surface area contributed by atoms with Crippen molar-refractivity contribution in [2.75, 3.05) is 11.5 Å². The molecule has 0 aliphatic carbocycles. The van der Waals surface area contributed by atoms with Gasteiger partial charge in [0.25, 0.3) is 0 Å². The summed E-state index contributed by atoms with van der Waals surface area (Å²) in [6.45, 7) is 5.92. The zero-order valence-corrected chi connectivity index (χ0v) is 101. The topological polar surface area (TPSA) is 171 Å².